The Morgan fingerprint density at radius 2 is 2.24 bits per heavy atom. The summed E-state index contributed by atoms with van der Waals surface area (Å²) in [6.45, 7) is 2.02. The van der Waals surface area contributed by atoms with E-state index < -0.39 is 5.97 Å². The number of rotatable bonds is 6. The van der Waals surface area contributed by atoms with Crippen LogP contribution < -0.4 is 4.74 Å². The Morgan fingerprint density at radius 1 is 1.43 bits per heavy atom. The van der Waals surface area contributed by atoms with E-state index in [-0.39, 0.29) is 11.7 Å². The normalized spacial score (nSPS) is 19.2. The third-order valence-corrected chi connectivity index (χ3v) is 3.90. The molecule has 0 saturated carbocycles. The highest BCUT2D eigenvalue weighted by Crippen LogP contribution is 2.18. The minimum atomic E-state index is -0.737. The summed E-state index contributed by atoms with van der Waals surface area (Å²) in [7, 11) is 1.57. The molecular weight excluding hydrogens is 270 g/mol. The third-order valence-electron chi connectivity index (χ3n) is 3.90. The van der Waals surface area contributed by atoms with Crippen LogP contribution in [-0.4, -0.2) is 48.5 Å². The lowest BCUT2D eigenvalue weighted by molar-refractivity contribution is -0.143. The molecule has 1 N–H and O–H groups in total. The molecule has 2 rings (SSSR count). The molecule has 0 aromatic heterocycles. The zero-order valence-corrected chi connectivity index (χ0v) is 12.2. The summed E-state index contributed by atoms with van der Waals surface area (Å²) in [6, 6.07) is 7.12. The Hall–Kier alpha value is -1.88. The number of piperidine rings is 1. The first-order valence-corrected chi connectivity index (χ1v) is 7.22. The molecule has 21 heavy (non-hydrogen) atoms. The number of ketones is 1. The van der Waals surface area contributed by atoms with Gasteiger partial charge in [0, 0.05) is 25.1 Å². The van der Waals surface area contributed by atoms with Crippen LogP contribution in [0, 0.1) is 5.92 Å². The number of hydrogen-bond acceptors (Lipinski definition) is 4. The summed E-state index contributed by atoms with van der Waals surface area (Å²) < 4.78 is 5.11. The largest absolute Gasteiger partial charge is 0.497 e. The Balaban J connectivity index is 1.87. The number of carbonyl (C=O) groups is 2. The molecule has 0 spiro atoms. The minimum Gasteiger partial charge on any atom is -0.497 e. The standard InChI is InChI=1S/C16H21NO4/c1-21-14-6-2-4-12(10-14)15(18)7-9-17-8-3-5-13(11-17)16(19)20/h2,4,6,10,13H,3,5,7-9,11H2,1H3,(H,19,20). The van der Waals surface area contributed by atoms with Gasteiger partial charge in [0.2, 0.25) is 0 Å². The summed E-state index contributed by atoms with van der Waals surface area (Å²) in [5, 5.41) is 9.06. The van der Waals surface area contributed by atoms with Crippen molar-refractivity contribution in [2.24, 2.45) is 5.92 Å². The van der Waals surface area contributed by atoms with E-state index >= 15 is 0 Å². The van der Waals surface area contributed by atoms with Gasteiger partial charge < -0.3 is 14.7 Å². The van der Waals surface area contributed by atoms with Crippen LogP contribution >= 0.6 is 0 Å². The van der Waals surface area contributed by atoms with Crippen molar-refractivity contribution in [1.29, 1.82) is 0 Å². The highest BCUT2D eigenvalue weighted by molar-refractivity contribution is 5.96. The highest BCUT2D eigenvalue weighted by Gasteiger charge is 2.25. The van der Waals surface area contributed by atoms with Gasteiger partial charge in [0.15, 0.2) is 5.78 Å². The summed E-state index contributed by atoms with van der Waals surface area (Å²) >= 11 is 0. The Labute approximate surface area is 124 Å². The van der Waals surface area contributed by atoms with Crippen molar-refractivity contribution < 1.29 is 19.4 Å². The Kier molecular flexibility index (Phi) is 5.33. The summed E-state index contributed by atoms with van der Waals surface area (Å²) in [5.74, 6) is -0.305. The fraction of sp³-hybridized carbons (Fsp3) is 0.500. The van der Waals surface area contributed by atoms with Crippen LogP contribution in [0.5, 0.6) is 5.75 Å². The van der Waals surface area contributed by atoms with Gasteiger partial charge in [0.25, 0.3) is 0 Å². The molecule has 1 aromatic carbocycles. The number of carbonyl (C=O) groups excluding carboxylic acids is 1. The molecule has 5 nitrogen and oxygen atoms in total. The molecule has 1 fully saturated rings. The fourth-order valence-electron chi connectivity index (χ4n) is 2.66. The quantitative estimate of drug-likeness (QED) is 0.813. The van der Waals surface area contributed by atoms with E-state index in [1.807, 2.05) is 0 Å². The van der Waals surface area contributed by atoms with Crippen LogP contribution in [0.3, 0.4) is 0 Å². The molecular formula is C16H21NO4. The molecule has 1 unspecified atom stereocenters. The number of carboxylic acids is 1. The maximum absolute atomic E-state index is 12.2. The second-order valence-corrected chi connectivity index (χ2v) is 5.38. The molecule has 1 saturated heterocycles. The zero-order valence-electron chi connectivity index (χ0n) is 12.2. The van der Waals surface area contributed by atoms with Gasteiger partial charge >= 0.3 is 5.97 Å². The van der Waals surface area contributed by atoms with Gasteiger partial charge in [0.1, 0.15) is 5.75 Å². The third kappa shape index (κ3) is 4.29. The first-order chi connectivity index (χ1) is 10.1. The SMILES string of the molecule is COc1cccc(C(=O)CCN2CCCC(C(=O)O)C2)c1. The average Bonchev–Trinajstić information content (AvgIpc) is 2.53. The summed E-state index contributed by atoms with van der Waals surface area (Å²) in [4.78, 5) is 25.3. The van der Waals surface area contributed by atoms with Gasteiger partial charge in [-0.25, -0.2) is 0 Å². The predicted molar refractivity (Wildman–Crippen MR) is 78.7 cm³/mol. The molecule has 1 heterocycles. The van der Waals surface area contributed by atoms with Gasteiger partial charge in [-0.05, 0) is 31.5 Å². The van der Waals surface area contributed by atoms with Crippen LogP contribution in [0.15, 0.2) is 24.3 Å². The summed E-state index contributed by atoms with van der Waals surface area (Å²) in [6.07, 6.45) is 2.01. The minimum absolute atomic E-state index is 0.0614. The molecule has 0 aliphatic carbocycles. The van der Waals surface area contributed by atoms with Gasteiger partial charge in [0.05, 0.1) is 13.0 Å². The second kappa shape index (κ2) is 7.22. The molecule has 0 bridgehead atoms. The van der Waals surface area contributed by atoms with Crippen molar-refractivity contribution in [3.63, 3.8) is 0 Å². The Morgan fingerprint density at radius 3 is 2.95 bits per heavy atom. The average molecular weight is 291 g/mol. The number of aliphatic carboxylic acids is 1. The van der Waals surface area contributed by atoms with Crippen LogP contribution in [0.25, 0.3) is 0 Å². The highest BCUT2D eigenvalue weighted by atomic mass is 16.5. The van der Waals surface area contributed by atoms with E-state index in [1.165, 1.54) is 0 Å². The Bertz CT molecular complexity index is 515. The van der Waals surface area contributed by atoms with E-state index in [1.54, 1.807) is 31.4 Å². The van der Waals surface area contributed by atoms with Crippen molar-refractivity contribution in [3.8, 4) is 5.75 Å². The second-order valence-electron chi connectivity index (χ2n) is 5.38. The molecule has 1 aliphatic heterocycles. The molecule has 1 aliphatic rings. The van der Waals surface area contributed by atoms with E-state index in [2.05, 4.69) is 4.90 Å². The number of Topliss-reactive ketones (excluding diaryl/α,β-unsaturated/α-hetero) is 1. The van der Waals surface area contributed by atoms with Gasteiger partial charge in [-0.1, -0.05) is 12.1 Å². The number of hydrogen-bond donors (Lipinski definition) is 1. The van der Waals surface area contributed by atoms with E-state index in [4.69, 9.17) is 9.84 Å². The van der Waals surface area contributed by atoms with E-state index in [0.717, 1.165) is 19.4 Å². The smallest absolute Gasteiger partial charge is 0.307 e. The van der Waals surface area contributed by atoms with Gasteiger partial charge in [-0.2, -0.15) is 0 Å². The van der Waals surface area contributed by atoms with E-state index in [0.29, 0.717) is 30.8 Å². The van der Waals surface area contributed by atoms with Crippen molar-refractivity contribution in [2.75, 3.05) is 26.7 Å². The molecule has 5 heteroatoms. The summed E-state index contributed by atoms with van der Waals surface area (Å²) in [5.41, 5.74) is 0.640. The molecule has 1 atom stereocenters. The molecule has 0 amide bonds. The number of ether oxygens (including phenoxy) is 1. The topological polar surface area (TPSA) is 66.8 Å². The van der Waals surface area contributed by atoms with Crippen LogP contribution in [0.2, 0.25) is 0 Å². The monoisotopic (exact) mass is 291 g/mol. The van der Waals surface area contributed by atoms with Crippen molar-refractivity contribution in [3.05, 3.63) is 29.8 Å². The number of nitrogens with zero attached hydrogens (tertiary/aromatic N) is 1. The lowest BCUT2D eigenvalue weighted by Gasteiger charge is -2.30. The maximum Gasteiger partial charge on any atom is 0.307 e. The van der Waals surface area contributed by atoms with Crippen LogP contribution in [0.4, 0.5) is 0 Å². The van der Waals surface area contributed by atoms with Crippen LogP contribution in [0.1, 0.15) is 29.6 Å². The van der Waals surface area contributed by atoms with Crippen LogP contribution in [-0.2, 0) is 4.79 Å². The molecule has 1 aromatic rings. The molecule has 0 radical (unpaired) electrons. The zero-order chi connectivity index (χ0) is 15.2. The lowest BCUT2D eigenvalue weighted by atomic mass is 9.98. The first kappa shape index (κ1) is 15.5. The molecule has 114 valence electrons. The van der Waals surface area contributed by atoms with E-state index in [9.17, 15) is 9.59 Å². The number of likely N-dealkylation sites (tertiary alicyclic amines) is 1. The number of carboxylic acid groups (broad SMARTS) is 1. The number of methoxy groups -OCH3 is 1. The lowest BCUT2D eigenvalue weighted by Crippen LogP contribution is -2.39. The first-order valence-electron chi connectivity index (χ1n) is 7.22. The fourth-order valence-corrected chi connectivity index (χ4v) is 2.66. The maximum atomic E-state index is 12.2. The number of benzene rings is 1. The van der Waals surface area contributed by atoms with Crippen molar-refractivity contribution in [2.45, 2.75) is 19.3 Å². The van der Waals surface area contributed by atoms with Gasteiger partial charge in [-0.15, -0.1) is 0 Å². The van der Waals surface area contributed by atoms with Crippen molar-refractivity contribution >= 4 is 11.8 Å². The van der Waals surface area contributed by atoms with Crippen molar-refractivity contribution in [1.82, 2.24) is 4.90 Å². The predicted octanol–water partition coefficient (Wildman–Crippen LogP) is 2.06. The van der Waals surface area contributed by atoms with Gasteiger partial charge in [-0.3, -0.25) is 9.59 Å².